The molecule has 2 heterocycles. The molecule has 0 amide bonds. The molecular weight excluding hydrogens is 272 g/mol. The van der Waals surface area contributed by atoms with Crippen molar-refractivity contribution in [3.8, 4) is 0 Å². The Bertz CT molecular complexity index is 607. The van der Waals surface area contributed by atoms with E-state index in [1.54, 1.807) is 11.3 Å². The molecule has 2 aromatic rings. The first-order valence-electron chi connectivity index (χ1n) is 6.98. The van der Waals surface area contributed by atoms with Gasteiger partial charge in [-0.2, -0.15) is 0 Å². The fraction of sp³-hybridized carbons (Fsp3) is 0.467. The minimum atomic E-state index is -0.675. The average molecular weight is 290 g/mol. The predicted molar refractivity (Wildman–Crippen MR) is 81.4 cm³/mol. The van der Waals surface area contributed by atoms with Crippen LogP contribution in [0.25, 0.3) is 10.2 Å². The van der Waals surface area contributed by atoms with E-state index < -0.39 is 11.4 Å². The lowest BCUT2D eigenvalue weighted by Crippen LogP contribution is -2.47. The second-order valence-electron chi connectivity index (χ2n) is 5.43. The molecule has 1 saturated heterocycles. The first kappa shape index (κ1) is 13.4. The van der Waals surface area contributed by atoms with E-state index >= 15 is 0 Å². The summed E-state index contributed by atoms with van der Waals surface area (Å²) >= 11 is 1.65. The molecule has 20 heavy (non-hydrogen) atoms. The van der Waals surface area contributed by atoms with Crippen LogP contribution in [-0.2, 0) is 4.79 Å². The van der Waals surface area contributed by atoms with Gasteiger partial charge in [-0.1, -0.05) is 30.4 Å². The fourth-order valence-corrected chi connectivity index (χ4v) is 3.90. The van der Waals surface area contributed by atoms with Gasteiger partial charge in [0.05, 0.1) is 15.6 Å². The van der Waals surface area contributed by atoms with Gasteiger partial charge in [-0.25, -0.2) is 4.98 Å². The maximum Gasteiger partial charge on any atom is 0.311 e. The van der Waals surface area contributed by atoms with Gasteiger partial charge in [0.2, 0.25) is 0 Å². The summed E-state index contributed by atoms with van der Waals surface area (Å²) in [5.74, 6) is -0.675. The summed E-state index contributed by atoms with van der Waals surface area (Å²) in [6.45, 7) is 3.43. The Morgan fingerprint density at radius 3 is 3.00 bits per heavy atom. The van der Waals surface area contributed by atoms with Crippen LogP contribution in [0, 0.1) is 5.41 Å². The molecule has 1 atom stereocenters. The number of anilines is 1. The van der Waals surface area contributed by atoms with E-state index in [9.17, 15) is 9.90 Å². The molecule has 0 radical (unpaired) electrons. The van der Waals surface area contributed by atoms with E-state index in [0.29, 0.717) is 13.0 Å². The summed E-state index contributed by atoms with van der Waals surface area (Å²) in [6.07, 6.45) is 2.35. The van der Waals surface area contributed by atoms with Gasteiger partial charge in [0.15, 0.2) is 5.13 Å². The predicted octanol–water partition coefficient (Wildman–Crippen LogP) is 3.38. The SMILES string of the molecule is CCC1(C(=O)O)CCCN(c2nc3ccccc3s2)C1. The summed E-state index contributed by atoms with van der Waals surface area (Å²) in [4.78, 5) is 18.4. The average Bonchev–Trinajstić information content (AvgIpc) is 2.91. The number of fused-ring (bicyclic) bond motifs is 1. The number of carboxylic acid groups (broad SMARTS) is 1. The van der Waals surface area contributed by atoms with Crippen LogP contribution in [0.15, 0.2) is 24.3 Å². The van der Waals surface area contributed by atoms with E-state index in [0.717, 1.165) is 34.7 Å². The number of nitrogens with zero attached hydrogens (tertiary/aromatic N) is 2. The molecular formula is C15H18N2O2S. The minimum absolute atomic E-state index is 0.568. The zero-order valence-electron chi connectivity index (χ0n) is 11.5. The highest BCUT2D eigenvalue weighted by molar-refractivity contribution is 7.22. The van der Waals surface area contributed by atoms with Crippen LogP contribution < -0.4 is 4.90 Å². The number of hydrogen-bond donors (Lipinski definition) is 1. The smallest absolute Gasteiger partial charge is 0.311 e. The third kappa shape index (κ3) is 2.16. The normalized spacial score (nSPS) is 23.1. The molecule has 1 aromatic heterocycles. The van der Waals surface area contributed by atoms with Crippen LogP contribution in [0.3, 0.4) is 0 Å². The Kier molecular flexibility index (Phi) is 3.38. The first-order chi connectivity index (χ1) is 9.64. The summed E-state index contributed by atoms with van der Waals surface area (Å²) in [5, 5.41) is 10.5. The third-order valence-electron chi connectivity index (χ3n) is 4.26. The zero-order chi connectivity index (χ0) is 14.2. The summed E-state index contributed by atoms with van der Waals surface area (Å²) in [5.41, 5.74) is 0.381. The Morgan fingerprint density at radius 1 is 1.50 bits per heavy atom. The molecule has 1 unspecified atom stereocenters. The van der Waals surface area contributed by atoms with Crippen molar-refractivity contribution < 1.29 is 9.90 Å². The van der Waals surface area contributed by atoms with Crippen molar-refractivity contribution in [2.45, 2.75) is 26.2 Å². The number of carbonyl (C=O) groups is 1. The number of thiazole rings is 1. The Morgan fingerprint density at radius 2 is 2.30 bits per heavy atom. The third-order valence-corrected chi connectivity index (χ3v) is 5.36. The van der Waals surface area contributed by atoms with Crippen molar-refractivity contribution in [3.05, 3.63) is 24.3 Å². The molecule has 4 nitrogen and oxygen atoms in total. The van der Waals surface area contributed by atoms with Gasteiger partial charge < -0.3 is 10.0 Å². The van der Waals surface area contributed by atoms with Crippen molar-refractivity contribution in [1.82, 2.24) is 4.98 Å². The first-order valence-corrected chi connectivity index (χ1v) is 7.80. The highest BCUT2D eigenvalue weighted by atomic mass is 32.1. The minimum Gasteiger partial charge on any atom is -0.481 e. The largest absolute Gasteiger partial charge is 0.481 e. The summed E-state index contributed by atoms with van der Waals surface area (Å²) in [7, 11) is 0. The summed E-state index contributed by atoms with van der Waals surface area (Å²) < 4.78 is 1.16. The molecule has 1 N–H and O–H groups in total. The summed E-state index contributed by atoms with van der Waals surface area (Å²) in [6, 6.07) is 8.05. The van der Waals surface area contributed by atoms with Crippen LogP contribution in [0.5, 0.6) is 0 Å². The van der Waals surface area contributed by atoms with E-state index in [-0.39, 0.29) is 0 Å². The molecule has 106 valence electrons. The van der Waals surface area contributed by atoms with Gasteiger partial charge in [-0.3, -0.25) is 4.79 Å². The molecule has 5 heteroatoms. The monoisotopic (exact) mass is 290 g/mol. The number of piperidine rings is 1. The van der Waals surface area contributed by atoms with Gasteiger partial charge in [-0.05, 0) is 31.4 Å². The van der Waals surface area contributed by atoms with Crippen LogP contribution in [0.2, 0.25) is 0 Å². The molecule has 1 fully saturated rings. The van der Waals surface area contributed by atoms with Gasteiger partial charge in [-0.15, -0.1) is 0 Å². The zero-order valence-corrected chi connectivity index (χ0v) is 12.3. The van der Waals surface area contributed by atoms with Crippen molar-refractivity contribution in [1.29, 1.82) is 0 Å². The second-order valence-corrected chi connectivity index (χ2v) is 6.44. The van der Waals surface area contributed by atoms with Crippen molar-refractivity contribution in [2.75, 3.05) is 18.0 Å². The lowest BCUT2D eigenvalue weighted by Gasteiger charge is -2.39. The molecule has 1 aromatic carbocycles. The van der Waals surface area contributed by atoms with Crippen LogP contribution in [0.4, 0.5) is 5.13 Å². The van der Waals surface area contributed by atoms with Crippen LogP contribution in [0.1, 0.15) is 26.2 Å². The molecule has 0 bridgehead atoms. The quantitative estimate of drug-likeness (QED) is 0.941. The molecule has 0 spiro atoms. The van der Waals surface area contributed by atoms with Crippen LogP contribution >= 0.6 is 11.3 Å². The number of aromatic nitrogens is 1. The maximum atomic E-state index is 11.6. The highest BCUT2D eigenvalue weighted by Crippen LogP contribution is 2.38. The van der Waals surface area contributed by atoms with Crippen LogP contribution in [-0.4, -0.2) is 29.1 Å². The Labute approximate surface area is 122 Å². The van der Waals surface area contributed by atoms with E-state index in [1.165, 1.54) is 0 Å². The van der Waals surface area contributed by atoms with Gasteiger partial charge in [0.25, 0.3) is 0 Å². The topological polar surface area (TPSA) is 53.4 Å². The van der Waals surface area contributed by atoms with Crippen molar-refractivity contribution >= 4 is 32.7 Å². The van der Waals surface area contributed by atoms with Gasteiger partial charge >= 0.3 is 5.97 Å². The number of rotatable bonds is 3. The Balaban J connectivity index is 1.91. The maximum absolute atomic E-state index is 11.6. The number of para-hydroxylation sites is 1. The molecule has 1 aliphatic heterocycles. The Hall–Kier alpha value is -1.62. The number of aliphatic carboxylic acids is 1. The fourth-order valence-electron chi connectivity index (χ4n) is 2.90. The second kappa shape index (κ2) is 5.05. The van der Waals surface area contributed by atoms with Gasteiger partial charge in [0, 0.05) is 13.1 Å². The van der Waals surface area contributed by atoms with E-state index in [2.05, 4.69) is 16.0 Å². The standard InChI is InChI=1S/C15H18N2O2S/c1-2-15(13(18)19)8-5-9-17(10-15)14-16-11-6-3-4-7-12(11)20-14/h3-4,6-7H,2,5,8-10H2,1H3,(H,18,19). The van der Waals surface area contributed by atoms with Gasteiger partial charge in [0.1, 0.15) is 0 Å². The molecule has 3 rings (SSSR count). The van der Waals surface area contributed by atoms with Crippen molar-refractivity contribution in [2.24, 2.45) is 5.41 Å². The van der Waals surface area contributed by atoms with Crippen molar-refractivity contribution in [3.63, 3.8) is 0 Å². The molecule has 0 aliphatic carbocycles. The number of hydrogen-bond acceptors (Lipinski definition) is 4. The number of carboxylic acids is 1. The lowest BCUT2D eigenvalue weighted by atomic mass is 9.78. The van der Waals surface area contributed by atoms with E-state index in [1.807, 2.05) is 25.1 Å². The molecule has 0 saturated carbocycles. The number of benzene rings is 1. The van der Waals surface area contributed by atoms with E-state index in [4.69, 9.17) is 0 Å². The lowest BCUT2D eigenvalue weighted by molar-refractivity contribution is -0.149. The molecule has 1 aliphatic rings. The highest BCUT2D eigenvalue weighted by Gasteiger charge is 2.41.